The normalized spacial score (nSPS) is 19.4. The summed E-state index contributed by atoms with van der Waals surface area (Å²) < 4.78 is 5.63. The number of amides is 2. The molecule has 0 heterocycles. The van der Waals surface area contributed by atoms with Crippen molar-refractivity contribution < 1.29 is 24.2 Å². The van der Waals surface area contributed by atoms with Crippen LogP contribution in [0.15, 0.2) is 48.5 Å². The number of carbonyl (C=O) groups excluding carboxylic acids is 2. The van der Waals surface area contributed by atoms with Crippen molar-refractivity contribution in [2.45, 2.75) is 57.4 Å². The van der Waals surface area contributed by atoms with Crippen LogP contribution in [0.4, 0.5) is 4.79 Å². The monoisotopic (exact) mass is 478 g/mol. The molecule has 7 heteroatoms. The van der Waals surface area contributed by atoms with Gasteiger partial charge in [0.05, 0.1) is 6.42 Å². The molecule has 2 atom stereocenters. The highest BCUT2D eigenvalue weighted by Gasteiger charge is 2.35. The van der Waals surface area contributed by atoms with Crippen LogP contribution in [0.3, 0.4) is 0 Å². The van der Waals surface area contributed by atoms with E-state index in [1.165, 1.54) is 11.1 Å². The van der Waals surface area contributed by atoms with Crippen molar-refractivity contribution in [1.82, 2.24) is 10.6 Å². The van der Waals surface area contributed by atoms with E-state index in [4.69, 9.17) is 9.84 Å². The van der Waals surface area contributed by atoms with Crippen molar-refractivity contribution in [3.63, 3.8) is 0 Å². The Bertz CT molecular complexity index is 1050. The van der Waals surface area contributed by atoms with Crippen molar-refractivity contribution in [2.24, 2.45) is 11.8 Å². The second-order valence-corrected chi connectivity index (χ2v) is 10.3. The van der Waals surface area contributed by atoms with E-state index in [9.17, 15) is 14.4 Å². The van der Waals surface area contributed by atoms with Crippen LogP contribution in [-0.2, 0) is 14.3 Å². The Morgan fingerprint density at radius 1 is 0.971 bits per heavy atom. The number of nitrogens with one attached hydrogen (secondary N) is 2. The Morgan fingerprint density at radius 3 is 2.20 bits per heavy atom. The minimum Gasteiger partial charge on any atom is -0.481 e. The Labute approximate surface area is 206 Å². The number of carboxylic acid groups (broad SMARTS) is 1. The predicted octanol–water partition coefficient (Wildman–Crippen LogP) is 4.70. The quantitative estimate of drug-likeness (QED) is 0.510. The number of benzene rings is 2. The summed E-state index contributed by atoms with van der Waals surface area (Å²) in [5, 5.41) is 14.9. The molecule has 35 heavy (non-hydrogen) atoms. The summed E-state index contributed by atoms with van der Waals surface area (Å²) in [7, 11) is 0. The summed E-state index contributed by atoms with van der Waals surface area (Å²) in [6.45, 7) is 4.03. The lowest BCUT2D eigenvalue weighted by atomic mass is 9.78. The molecule has 1 fully saturated rings. The average molecular weight is 479 g/mol. The number of hydrogen-bond acceptors (Lipinski definition) is 4. The van der Waals surface area contributed by atoms with E-state index in [1.807, 2.05) is 24.3 Å². The second-order valence-electron chi connectivity index (χ2n) is 10.3. The van der Waals surface area contributed by atoms with Crippen molar-refractivity contribution >= 4 is 18.0 Å². The third-order valence-corrected chi connectivity index (χ3v) is 7.15. The third kappa shape index (κ3) is 5.84. The summed E-state index contributed by atoms with van der Waals surface area (Å²) in [5.41, 5.74) is 3.85. The number of carboxylic acids is 1. The van der Waals surface area contributed by atoms with Gasteiger partial charge in [0.15, 0.2) is 0 Å². The highest BCUT2D eigenvalue weighted by Crippen LogP contribution is 2.44. The summed E-state index contributed by atoms with van der Waals surface area (Å²) >= 11 is 0. The largest absolute Gasteiger partial charge is 0.481 e. The first kappa shape index (κ1) is 24.8. The van der Waals surface area contributed by atoms with E-state index in [0.717, 1.165) is 36.8 Å². The lowest BCUT2D eigenvalue weighted by Crippen LogP contribution is -2.50. The van der Waals surface area contributed by atoms with E-state index < -0.39 is 17.6 Å². The zero-order valence-electron chi connectivity index (χ0n) is 20.4. The Hall–Kier alpha value is -3.35. The number of rotatable bonds is 8. The molecular formula is C28H34N2O5. The first-order chi connectivity index (χ1) is 16.7. The molecule has 186 valence electrons. The fourth-order valence-corrected chi connectivity index (χ4v) is 5.51. The van der Waals surface area contributed by atoms with Crippen LogP contribution in [-0.4, -0.2) is 41.8 Å². The molecule has 0 aromatic heterocycles. The molecule has 0 radical (unpaired) electrons. The molecule has 0 bridgehead atoms. The maximum atomic E-state index is 12.9. The van der Waals surface area contributed by atoms with Crippen LogP contribution in [0.25, 0.3) is 11.1 Å². The molecule has 0 saturated heterocycles. The van der Waals surface area contributed by atoms with E-state index in [1.54, 1.807) is 13.8 Å². The van der Waals surface area contributed by atoms with Gasteiger partial charge in [-0.1, -0.05) is 61.4 Å². The van der Waals surface area contributed by atoms with E-state index in [0.29, 0.717) is 6.54 Å². The molecule has 2 amide bonds. The van der Waals surface area contributed by atoms with Gasteiger partial charge in [-0.3, -0.25) is 9.59 Å². The highest BCUT2D eigenvalue weighted by atomic mass is 16.5. The van der Waals surface area contributed by atoms with Gasteiger partial charge in [-0.05, 0) is 54.9 Å². The first-order valence-electron chi connectivity index (χ1n) is 12.4. The number of alkyl carbamates (subject to hydrolysis) is 1. The van der Waals surface area contributed by atoms with Gasteiger partial charge in [0, 0.05) is 23.9 Å². The third-order valence-electron chi connectivity index (χ3n) is 7.15. The Kier molecular flexibility index (Phi) is 7.43. The van der Waals surface area contributed by atoms with Gasteiger partial charge in [-0.15, -0.1) is 0 Å². The fraction of sp³-hybridized carbons (Fsp3) is 0.464. The van der Waals surface area contributed by atoms with Crippen LogP contribution in [0.2, 0.25) is 0 Å². The minimum atomic E-state index is -0.951. The van der Waals surface area contributed by atoms with Gasteiger partial charge in [-0.25, -0.2) is 4.79 Å². The molecule has 2 aliphatic rings. The maximum absolute atomic E-state index is 12.9. The van der Waals surface area contributed by atoms with E-state index >= 15 is 0 Å². The van der Waals surface area contributed by atoms with Crippen LogP contribution in [0.5, 0.6) is 0 Å². The number of ether oxygens (including phenoxy) is 1. The fourth-order valence-electron chi connectivity index (χ4n) is 5.51. The number of aliphatic carboxylic acids is 1. The first-order valence-corrected chi connectivity index (χ1v) is 12.4. The molecule has 7 nitrogen and oxygen atoms in total. The lowest BCUT2D eigenvalue weighted by Gasteiger charge is -2.34. The van der Waals surface area contributed by atoms with Gasteiger partial charge < -0.3 is 20.5 Å². The summed E-state index contributed by atoms with van der Waals surface area (Å²) in [4.78, 5) is 36.6. The predicted molar refractivity (Wildman–Crippen MR) is 133 cm³/mol. The smallest absolute Gasteiger partial charge is 0.407 e. The van der Waals surface area contributed by atoms with Crippen molar-refractivity contribution in [2.75, 3.05) is 13.2 Å². The van der Waals surface area contributed by atoms with E-state index in [-0.39, 0.29) is 36.7 Å². The standard InChI is InChI=1S/C28H34N2O5/c1-28(2,15-25(31)32)30-26(33)19-10-4-3-9-18(19)16-29-27(34)35-17-24-22-13-7-5-11-20(22)21-12-6-8-14-23(21)24/h5-8,11-14,18-19,24H,3-4,9-10,15-17H2,1-2H3,(H,29,34)(H,30,33)(H,31,32). The average Bonchev–Trinajstić information content (AvgIpc) is 3.14. The molecule has 2 aromatic rings. The molecule has 3 N–H and O–H groups in total. The number of hydrogen-bond donors (Lipinski definition) is 3. The molecule has 2 unspecified atom stereocenters. The maximum Gasteiger partial charge on any atom is 0.407 e. The summed E-state index contributed by atoms with van der Waals surface area (Å²) in [6.07, 6.45) is 2.88. The van der Waals surface area contributed by atoms with Crippen molar-refractivity contribution in [3.8, 4) is 11.1 Å². The van der Waals surface area contributed by atoms with Gasteiger partial charge in [0.25, 0.3) is 0 Å². The number of carbonyl (C=O) groups is 3. The zero-order valence-corrected chi connectivity index (χ0v) is 20.4. The SMILES string of the molecule is CC(C)(CC(=O)O)NC(=O)C1CCCCC1CNC(=O)OCC1c2ccccc2-c2ccccc21. The molecule has 0 spiro atoms. The van der Waals surface area contributed by atoms with Crippen LogP contribution in [0.1, 0.15) is 63.0 Å². The molecule has 2 aliphatic carbocycles. The van der Waals surface area contributed by atoms with Gasteiger partial charge in [-0.2, -0.15) is 0 Å². The molecule has 4 rings (SSSR count). The van der Waals surface area contributed by atoms with Crippen LogP contribution >= 0.6 is 0 Å². The zero-order chi connectivity index (χ0) is 25.0. The summed E-state index contributed by atoms with van der Waals surface area (Å²) in [6, 6.07) is 16.4. The van der Waals surface area contributed by atoms with Crippen LogP contribution in [0, 0.1) is 11.8 Å². The molecule has 1 saturated carbocycles. The van der Waals surface area contributed by atoms with Crippen LogP contribution < -0.4 is 10.6 Å². The molecular weight excluding hydrogens is 444 g/mol. The molecule has 0 aliphatic heterocycles. The minimum absolute atomic E-state index is 0.00202. The van der Waals surface area contributed by atoms with Gasteiger partial charge >= 0.3 is 12.1 Å². The number of fused-ring (bicyclic) bond motifs is 3. The van der Waals surface area contributed by atoms with E-state index in [2.05, 4.69) is 34.9 Å². The summed E-state index contributed by atoms with van der Waals surface area (Å²) in [5.74, 6) is -1.36. The molecule has 2 aromatic carbocycles. The Balaban J connectivity index is 1.32. The second kappa shape index (κ2) is 10.5. The lowest BCUT2D eigenvalue weighted by molar-refractivity contribution is -0.139. The highest BCUT2D eigenvalue weighted by molar-refractivity contribution is 5.81. The topological polar surface area (TPSA) is 105 Å². The van der Waals surface area contributed by atoms with Gasteiger partial charge in [0.2, 0.25) is 5.91 Å². The van der Waals surface area contributed by atoms with Gasteiger partial charge in [0.1, 0.15) is 6.61 Å². The van der Waals surface area contributed by atoms with Crippen molar-refractivity contribution in [3.05, 3.63) is 59.7 Å². The Morgan fingerprint density at radius 2 is 1.57 bits per heavy atom. The van der Waals surface area contributed by atoms with Crippen molar-refractivity contribution in [1.29, 1.82) is 0 Å².